The molecule has 0 heterocycles. The van der Waals surface area contributed by atoms with E-state index in [1.807, 2.05) is 0 Å². The molecule has 2 nitrogen and oxygen atoms in total. The maximum Gasteiger partial charge on any atom is 0.139 e. The Bertz CT molecular complexity index is 443. The second-order valence-corrected chi connectivity index (χ2v) is 5.70. The molecule has 1 aromatic carbocycles. The highest BCUT2D eigenvalue weighted by Gasteiger charge is 2.34. The van der Waals surface area contributed by atoms with Crippen LogP contribution in [0.1, 0.15) is 31.2 Å². The maximum atomic E-state index is 12.9. The number of hydrogen-bond acceptors (Lipinski definition) is 2. The smallest absolute Gasteiger partial charge is 0.139 e. The summed E-state index contributed by atoms with van der Waals surface area (Å²) in [5.41, 5.74) is 6.57. The fourth-order valence-corrected chi connectivity index (χ4v) is 2.63. The van der Waals surface area contributed by atoms with Gasteiger partial charge in [-0.3, -0.25) is 4.79 Å². The predicted octanol–water partition coefficient (Wildman–Crippen LogP) is 2.97. The third-order valence-electron chi connectivity index (χ3n) is 3.30. The molecule has 0 atom stereocenters. The van der Waals surface area contributed by atoms with Crippen molar-refractivity contribution in [2.24, 2.45) is 5.73 Å². The van der Waals surface area contributed by atoms with Crippen molar-refractivity contribution in [1.82, 2.24) is 0 Å². The molecule has 1 aliphatic rings. The van der Waals surface area contributed by atoms with Gasteiger partial charge in [0.2, 0.25) is 0 Å². The molecule has 17 heavy (non-hydrogen) atoms. The topological polar surface area (TPSA) is 43.1 Å². The monoisotopic (exact) mass is 299 g/mol. The quantitative estimate of drug-likeness (QED) is 0.929. The number of carbonyl (C=O) groups excluding carboxylic acids is 1. The van der Waals surface area contributed by atoms with E-state index in [1.54, 1.807) is 6.07 Å². The fraction of sp³-hybridized carbons (Fsp3) is 0.462. The van der Waals surface area contributed by atoms with Crippen LogP contribution in [0.3, 0.4) is 0 Å². The molecular weight excluding hydrogens is 285 g/mol. The summed E-state index contributed by atoms with van der Waals surface area (Å²) in [6.07, 6.45) is 3.73. The van der Waals surface area contributed by atoms with Gasteiger partial charge in [-0.2, -0.15) is 0 Å². The maximum absolute atomic E-state index is 12.9. The van der Waals surface area contributed by atoms with Gasteiger partial charge in [0.1, 0.15) is 11.6 Å². The van der Waals surface area contributed by atoms with Crippen molar-refractivity contribution in [2.75, 3.05) is 0 Å². The Morgan fingerprint density at radius 2 is 2.18 bits per heavy atom. The Labute approximate surface area is 109 Å². The zero-order valence-corrected chi connectivity index (χ0v) is 11.1. The van der Waals surface area contributed by atoms with Gasteiger partial charge in [-0.05, 0) is 37.0 Å². The lowest BCUT2D eigenvalue weighted by molar-refractivity contribution is -0.120. The van der Waals surface area contributed by atoms with Gasteiger partial charge in [0.05, 0.1) is 0 Å². The van der Waals surface area contributed by atoms with E-state index in [2.05, 4.69) is 15.9 Å². The zero-order chi connectivity index (χ0) is 12.5. The molecule has 0 spiro atoms. The SMILES string of the molecule is NC1(CC(=O)Cc2ccc(F)cc2Br)CCC1. The van der Waals surface area contributed by atoms with Crippen LogP contribution < -0.4 is 5.73 Å². The molecule has 0 amide bonds. The highest BCUT2D eigenvalue weighted by Crippen LogP contribution is 2.32. The van der Waals surface area contributed by atoms with Gasteiger partial charge < -0.3 is 5.73 Å². The van der Waals surface area contributed by atoms with Crippen molar-refractivity contribution < 1.29 is 9.18 Å². The summed E-state index contributed by atoms with van der Waals surface area (Å²) in [4.78, 5) is 11.9. The van der Waals surface area contributed by atoms with Crippen LogP contribution in [-0.4, -0.2) is 11.3 Å². The van der Waals surface area contributed by atoms with Crippen molar-refractivity contribution in [3.05, 3.63) is 34.1 Å². The molecular formula is C13H15BrFNO. The Morgan fingerprint density at radius 1 is 1.47 bits per heavy atom. The summed E-state index contributed by atoms with van der Waals surface area (Å²) in [6, 6.07) is 4.39. The third-order valence-corrected chi connectivity index (χ3v) is 4.04. The average molecular weight is 300 g/mol. The molecule has 92 valence electrons. The van der Waals surface area contributed by atoms with Gasteiger partial charge in [0.25, 0.3) is 0 Å². The van der Waals surface area contributed by atoms with E-state index in [-0.39, 0.29) is 17.1 Å². The van der Waals surface area contributed by atoms with Crippen LogP contribution in [0.25, 0.3) is 0 Å². The molecule has 1 fully saturated rings. The van der Waals surface area contributed by atoms with E-state index in [0.29, 0.717) is 17.3 Å². The second-order valence-electron chi connectivity index (χ2n) is 4.84. The van der Waals surface area contributed by atoms with Crippen LogP contribution in [0, 0.1) is 5.82 Å². The van der Waals surface area contributed by atoms with Crippen LogP contribution in [0.2, 0.25) is 0 Å². The van der Waals surface area contributed by atoms with E-state index >= 15 is 0 Å². The summed E-state index contributed by atoms with van der Waals surface area (Å²) in [7, 11) is 0. The summed E-state index contributed by atoms with van der Waals surface area (Å²) >= 11 is 3.26. The molecule has 0 radical (unpaired) electrons. The van der Waals surface area contributed by atoms with Crippen molar-refractivity contribution in [1.29, 1.82) is 0 Å². The lowest BCUT2D eigenvalue weighted by atomic mass is 9.74. The van der Waals surface area contributed by atoms with Crippen LogP contribution in [0.4, 0.5) is 4.39 Å². The average Bonchev–Trinajstić information content (AvgIpc) is 2.20. The molecule has 0 saturated heterocycles. The van der Waals surface area contributed by atoms with Gasteiger partial charge in [-0.1, -0.05) is 22.0 Å². The lowest BCUT2D eigenvalue weighted by Crippen LogP contribution is -2.48. The largest absolute Gasteiger partial charge is 0.325 e. The number of Topliss-reactive ketones (excluding diaryl/α,β-unsaturated/α-hetero) is 1. The van der Waals surface area contributed by atoms with Gasteiger partial charge >= 0.3 is 0 Å². The molecule has 0 aliphatic heterocycles. The Hall–Kier alpha value is -0.740. The third kappa shape index (κ3) is 3.13. The molecule has 2 rings (SSSR count). The number of halogens is 2. The van der Waals surface area contributed by atoms with E-state index in [0.717, 1.165) is 24.8 Å². The summed E-state index contributed by atoms with van der Waals surface area (Å²) in [5.74, 6) is -0.179. The van der Waals surface area contributed by atoms with Gasteiger partial charge in [0, 0.05) is 22.9 Å². The Balaban J connectivity index is 1.98. The number of nitrogens with two attached hydrogens (primary N) is 1. The van der Waals surface area contributed by atoms with Gasteiger partial charge in [-0.15, -0.1) is 0 Å². The fourth-order valence-electron chi connectivity index (χ4n) is 2.14. The van der Waals surface area contributed by atoms with Crippen LogP contribution >= 0.6 is 15.9 Å². The van der Waals surface area contributed by atoms with E-state index in [1.165, 1.54) is 12.1 Å². The molecule has 2 N–H and O–H groups in total. The number of ketones is 1. The van der Waals surface area contributed by atoms with Crippen LogP contribution in [0.5, 0.6) is 0 Å². The standard InChI is InChI=1S/C13H15BrFNO/c14-12-7-10(15)3-2-9(12)6-11(17)8-13(16)4-1-5-13/h2-3,7H,1,4-6,8,16H2. The van der Waals surface area contributed by atoms with E-state index < -0.39 is 0 Å². The highest BCUT2D eigenvalue weighted by atomic mass is 79.9. The minimum atomic E-state index is -0.303. The molecule has 4 heteroatoms. The Kier molecular flexibility index (Phi) is 3.64. The first kappa shape index (κ1) is 12.7. The van der Waals surface area contributed by atoms with E-state index in [4.69, 9.17) is 5.73 Å². The molecule has 1 saturated carbocycles. The number of hydrogen-bond donors (Lipinski definition) is 1. The first-order chi connectivity index (χ1) is 7.98. The first-order valence-corrected chi connectivity index (χ1v) is 6.52. The molecule has 0 unspecified atom stereocenters. The van der Waals surface area contributed by atoms with E-state index in [9.17, 15) is 9.18 Å². The molecule has 1 aromatic rings. The zero-order valence-electron chi connectivity index (χ0n) is 9.51. The second kappa shape index (κ2) is 4.86. The number of rotatable bonds is 4. The van der Waals surface area contributed by atoms with Crippen molar-refractivity contribution >= 4 is 21.7 Å². The lowest BCUT2D eigenvalue weighted by Gasteiger charge is -2.37. The molecule has 1 aliphatic carbocycles. The number of benzene rings is 1. The van der Waals surface area contributed by atoms with Crippen LogP contribution in [-0.2, 0) is 11.2 Å². The number of carbonyl (C=O) groups is 1. The van der Waals surface area contributed by atoms with Gasteiger partial charge in [0.15, 0.2) is 0 Å². The molecule has 0 aromatic heterocycles. The van der Waals surface area contributed by atoms with Crippen molar-refractivity contribution in [3.8, 4) is 0 Å². The van der Waals surface area contributed by atoms with Crippen molar-refractivity contribution in [3.63, 3.8) is 0 Å². The predicted molar refractivity (Wildman–Crippen MR) is 68.2 cm³/mol. The minimum Gasteiger partial charge on any atom is -0.325 e. The Morgan fingerprint density at radius 3 is 2.71 bits per heavy atom. The van der Waals surface area contributed by atoms with Crippen LogP contribution in [0.15, 0.2) is 22.7 Å². The summed E-state index contributed by atoms with van der Waals surface area (Å²) < 4.78 is 13.5. The molecule has 0 bridgehead atoms. The minimum absolute atomic E-state index is 0.125. The van der Waals surface area contributed by atoms with Crippen molar-refractivity contribution in [2.45, 2.75) is 37.6 Å². The highest BCUT2D eigenvalue weighted by molar-refractivity contribution is 9.10. The first-order valence-electron chi connectivity index (χ1n) is 5.73. The normalized spacial score (nSPS) is 17.6. The van der Waals surface area contributed by atoms with Gasteiger partial charge in [-0.25, -0.2) is 4.39 Å². The summed E-state index contributed by atoms with van der Waals surface area (Å²) in [6.45, 7) is 0. The summed E-state index contributed by atoms with van der Waals surface area (Å²) in [5, 5.41) is 0.